The maximum Gasteiger partial charge on any atom is 0.124 e. The maximum absolute atomic E-state index is 5.99. The van der Waals surface area contributed by atoms with Gasteiger partial charge in [0.2, 0.25) is 0 Å². The smallest absolute Gasteiger partial charge is 0.124 e. The van der Waals surface area contributed by atoms with Gasteiger partial charge < -0.3 is 10.7 Å². The Kier molecular flexibility index (Phi) is 2.21. The molecule has 0 fully saturated rings. The molecule has 0 aliphatic rings. The monoisotopic (exact) mass is 190 g/mol. The summed E-state index contributed by atoms with van der Waals surface area (Å²) in [5.41, 5.74) is 7.85. The second kappa shape index (κ2) is 3.38. The summed E-state index contributed by atoms with van der Waals surface area (Å²) in [5, 5.41) is 0. The SMILES string of the molecule is CC(C)C(N)c1nc2ccncc2[nH]1. The van der Waals surface area contributed by atoms with Gasteiger partial charge in [-0.1, -0.05) is 13.8 Å². The lowest BCUT2D eigenvalue weighted by Crippen LogP contribution is -2.17. The Morgan fingerprint density at radius 2 is 2.21 bits per heavy atom. The summed E-state index contributed by atoms with van der Waals surface area (Å²) >= 11 is 0. The maximum atomic E-state index is 5.99. The molecule has 0 bridgehead atoms. The van der Waals surface area contributed by atoms with Gasteiger partial charge in [-0.05, 0) is 12.0 Å². The van der Waals surface area contributed by atoms with Gasteiger partial charge in [0.15, 0.2) is 0 Å². The number of imidazole rings is 1. The first-order valence-corrected chi connectivity index (χ1v) is 4.73. The van der Waals surface area contributed by atoms with Crippen molar-refractivity contribution in [2.45, 2.75) is 19.9 Å². The van der Waals surface area contributed by atoms with E-state index in [-0.39, 0.29) is 6.04 Å². The summed E-state index contributed by atoms with van der Waals surface area (Å²) in [4.78, 5) is 11.6. The van der Waals surface area contributed by atoms with Crippen LogP contribution in [0.5, 0.6) is 0 Å². The van der Waals surface area contributed by atoms with Gasteiger partial charge in [0.05, 0.1) is 23.3 Å². The Labute approximate surface area is 82.6 Å². The van der Waals surface area contributed by atoms with Crippen LogP contribution in [-0.4, -0.2) is 15.0 Å². The third-order valence-corrected chi connectivity index (χ3v) is 2.34. The Balaban J connectivity index is 2.45. The van der Waals surface area contributed by atoms with E-state index >= 15 is 0 Å². The second-order valence-electron chi connectivity index (χ2n) is 3.78. The van der Waals surface area contributed by atoms with E-state index in [1.54, 1.807) is 12.4 Å². The molecule has 1 unspecified atom stereocenters. The van der Waals surface area contributed by atoms with Crippen LogP contribution in [0.2, 0.25) is 0 Å². The Morgan fingerprint density at radius 1 is 1.43 bits per heavy atom. The first-order valence-electron chi connectivity index (χ1n) is 4.73. The van der Waals surface area contributed by atoms with E-state index < -0.39 is 0 Å². The molecule has 3 N–H and O–H groups in total. The Bertz CT molecular complexity index is 399. The fraction of sp³-hybridized carbons (Fsp3) is 0.400. The molecule has 4 nitrogen and oxygen atoms in total. The molecule has 2 heterocycles. The normalized spacial score (nSPS) is 13.7. The highest BCUT2D eigenvalue weighted by atomic mass is 15.0. The van der Waals surface area contributed by atoms with Crippen molar-refractivity contribution in [2.24, 2.45) is 11.7 Å². The fourth-order valence-corrected chi connectivity index (χ4v) is 1.35. The van der Waals surface area contributed by atoms with Crippen LogP contribution in [0.4, 0.5) is 0 Å². The number of nitrogens with one attached hydrogen (secondary N) is 1. The summed E-state index contributed by atoms with van der Waals surface area (Å²) in [6.07, 6.45) is 3.49. The van der Waals surface area contributed by atoms with Crippen molar-refractivity contribution in [3.05, 3.63) is 24.3 Å². The standard InChI is InChI=1S/C10H14N4/c1-6(2)9(11)10-13-7-3-4-12-5-8(7)14-10/h3-6,9H,11H2,1-2H3,(H,13,14). The lowest BCUT2D eigenvalue weighted by atomic mass is 10.1. The molecule has 0 saturated carbocycles. The number of pyridine rings is 1. The number of nitrogens with two attached hydrogens (primary N) is 1. The second-order valence-corrected chi connectivity index (χ2v) is 3.78. The lowest BCUT2D eigenvalue weighted by molar-refractivity contribution is 0.495. The Hall–Kier alpha value is -1.42. The number of aromatic nitrogens is 3. The van der Waals surface area contributed by atoms with Crippen LogP contribution in [0, 0.1) is 5.92 Å². The van der Waals surface area contributed by atoms with Crippen molar-refractivity contribution in [2.75, 3.05) is 0 Å². The molecular formula is C10H14N4. The molecule has 2 rings (SSSR count). The number of nitrogens with zero attached hydrogens (tertiary/aromatic N) is 2. The molecule has 0 aliphatic heterocycles. The van der Waals surface area contributed by atoms with Crippen LogP contribution in [0.1, 0.15) is 25.7 Å². The highest BCUT2D eigenvalue weighted by Crippen LogP contribution is 2.18. The number of fused-ring (bicyclic) bond motifs is 1. The molecule has 0 spiro atoms. The summed E-state index contributed by atoms with van der Waals surface area (Å²) in [7, 11) is 0. The Morgan fingerprint density at radius 3 is 2.86 bits per heavy atom. The molecule has 0 aromatic carbocycles. The van der Waals surface area contributed by atoms with E-state index in [9.17, 15) is 0 Å². The van der Waals surface area contributed by atoms with Gasteiger partial charge in [0, 0.05) is 6.20 Å². The number of hydrogen-bond donors (Lipinski definition) is 2. The van der Waals surface area contributed by atoms with E-state index in [2.05, 4.69) is 28.8 Å². The van der Waals surface area contributed by atoms with Crippen LogP contribution in [-0.2, 0) is 0 Å². The van der Waals surface area contributed by atoms with Crippen molar-refractivity contribution in [3.63, 3.8) is 0 Å². The largest absolute Gasteiger partial charge is 0.339 e. The number of rotatable bonds is 2. The van der Waals surface area contributed by atoms with Gasteiger partial charge in [0.25, 0.3) is 0 Å². The zero-order valence-electron chi connectivity index (χ0n) is 8.36. The summed E-state index contributed by atoms with van der Waals surface area (Å²) in [6.45, 7) is 4.16. The minimum Gasteiger partial charge on any atom is -0.339 e. The molecular weight excluding hydrogens is 176 g/mol. The van der Waals surface area contributed by atoms with Gasteiger partial charge in [-0.2, -0.15) is 0 Å². The van der Waals surface area contributed by atoms with Crippen molar-refractivity contribution >= 4 is 11.0 Å². The van der Waals surface area contributed by atoms with Crippen molar-refractivity contribution < 1.29 is 0 Å². The molecule has 1 atom stereocenters. The van der Waals surface area contributed by atoms with E-state index in [4.69, 9.17) is 5.73 Å². The zero-order valence-corrected chi connectivity index (χ0v) is 8.36. The third kappa shape index (κ3) is 1.48. The van der Waals surface area contributed by atoms with Crippen LogP contribution in [0.25, 0.3) is 11.0 Å². The average molecular weight is 190 g/mol. The van der Waals surface area contributed by atoms with Crippen molar-refractivity contribution in [1.82, 2.24) is 15.0 Å². The molecule has 4 heteroatoms. The number of H-pyrrole nitrogens is 1. The number of hydrogen-bond acceptors (Lipinski definition) is 3. The van der Waals surface area contributed by atoms with Gasteiger partial charge >= 0.3 is 0 Å². The molecule has 0 radical (unpaired) electrons. The number of aromatic amines is 1. The fourth-order valence-electron chi connectivity index (χ4n) is 1.35. The minimum atomic E-state index is -0.0394. The highest BCUT2D eigenvalue weighted by Gasteiger charge is 2.14. The van der Waals surface area contributed by atoms with Gasteiger partial charge in [-0.3, -0.25) is 4.98 Å². The lowest BCUT2D eigenvalue weighted by Gasteiger charge is -2.11. The van der Waals surface area contributed by atoms with Crippen molar-refractivity contribution in [3.8, 4) is 0 Å². The van der Waals surface area contributed by atoms with Crippen LogP contribution >= 0.6 is 0 Å². The summed E-state index contributed by atoms with van der Waals surface area (Å²) in [5.74, 6) is 1.21. The average Bonchev–Trinajstić information content (AvgIpc) is 2.59. The third-order valence-electron chi connectivity index (χ3n) is 2.34. The van der Waals surface area contributed by atoms with E-state index in [0.717, 1.165) is 16.9 Å². The molecule has 2 aromatic heterocycles. The quantitative estimate of drug-likeness (QED) is 0.756. The predicted octanol–water partition coefficient (Wildman–Crippen LogP) is 1.61. The van der Waals surface area contributed by atoms with Gasteiger partial charge in [-0.25, -0.2) is 4.98 Å². The zero-order chi connectivity index (χ0) is 10.1. The van der Waals surface area contributed by atoms with Crippen molar-refractivity contribution in [1.29, 1.82) is 0 Å². The first kappa shape index (κ1) is 9.15. The van der Waals surface area contributed by atoms with Crippen LogP contribution < -0.4 is 5.73 Å². The molecule has 0 aliphatic carbocycles. The van der Waals surface area contributed by atoms with E-state index in [1.807, 2.05) is 6.07 Å². The van der Waals surface area contributed by atoms with E-state index in [0.29, 0.717) is 5.92 Å². The molecule has 2 aromatic rings. The van der Waals surface area contributed by atoms with Gasteiger partial charge in [-0.15, -0.1) is 0 Å². The summed E-state index contributed by atoms with van der Waals surface area (Å²) in [6, 6.07) is 1.84. The molecule has 14 heavy (non-hydrogen) atoms. The molecule has 0 saturated heterocycles. The van der Waals surface area contributed by atoms with E-state index in [1.165, 1.54) is 0 Å². The van der Waals surface area contributed by atoms with Crippen LogP contribution in [0.3, 0.4) is 0 Å². The predicted molar refractivity (Wildman–Crippen MR) is 55.7 cm³/mol. The van der Waals surface area contributed by atoms with Crippen LogP contribution in [0.15, 0.2) is 18.5 Å². The molecule has 74 valence electrons. The molecule has 0 amide bonds. The highest BCUT2D eigenvalue weighted by molar-refractivity contribution is 5.73. The first-order chi connectivity index (χ1) is 6.68. The van der Waals surface area contributed by atoms with Gasteiger partial charge in [0.1, 0.15) is 5.82 Å². The summed E-state index contributed by atoms with van der Waals surface area (Å²) < 4.78 is 0. The minimum absolute atomic E-state index is 0.0394. The topological polar surface area (TPSA) is 67.6 Å².